The monoisotopic (exact) mass is 220 g/mol. The Balaban J connectivity index is 2.55. The first-order valence-corrected chi connectivity index (χ1v) is 5.35. The van der Waals surface area contributed by atoms with Crippen LogP contribution < -0.4 is 10.5 Å². The fraction of sp³-hybridized carbons (Fsp3) is 0.182. The number of aryl methyl sites for hydroxylation is 1. The lowest BCUT2D eigenvalue weighted by Crippen LogP contribution is -1.88. The zero-order chi connectivity index (χ0) is 10.8. The Morgan fingerprint density at radius 2 is 2.13 bits per heavy atom. The van der Waals surface area contributed by atoms with Crippen molar-refractivity contribution in [2.24, 2.45) is 0 Å². The molecule has 15 heavy (non-hydrogen) atoms. The highest BCUT2D eigenvalue weighted by Gasteiger charge is 2.08. The third-order valence-electron chi connectivity index (χ3n) is 2.16. The van der Waals surface area contributed by atoms with Crippen molar-refractivity contribution in [3.05, 3.63) is 29.8 Å². The Labute approximate surface area is 92.7 Å². The van der Waals surface area contributed by atoms with Crippen molar-refractivity contribution >= 4 is 16.5 Å². The van der Waals surface area contributed by atoms with Gasteiger partial charge in [-0.05, 0) is 30.6 Å². The second kappa shape index (κ2) is 3.90. The van der Waals surface area contributed by atoms with Crippen molar-refractivity contribution in [2.45, 2.75) is 6.92 Å². The molecule has 0 bridgehead atoms. The molecule has 0 aliphatic carbocycles. The van der Waals surface area contributed by atoms with Crippen molar-refractivity contribution in [3.8, 4) is 17.0 Å². The van der Waals surface area contributed by atoms with Crippen molar-refractivity contribution in [3.63, 3.8) is 0 Å². The van der Waals surface area contributed by atoms with Crippen LogP contribution in [-0.4, -0.2) is 11.5 Å². The largest absolute Gasteiger partial charge is 0.496 e. The Morgan fingerprint density at radius 1 is 1.33 bits per heavy atom. The lowest BCUT2D eigenvalue weighted by molar-refractivity contribution is 0.416. The third kappa shape index (κ3) is 1.94. The number of anilines is 1. The Hall–Kier alpha value is -1.55. The van der Waals surface area contributed by atoms with Crippen LogP contribution >= 0.6 is 11.5 Å². The molecular weight excluding hydrogens is 208 g/mol. The highest BCUT2D eigenvalue weighted by molar-refractivity contribution is 7.10. The number of hydrogen-bond donors (Lipinski definition) is 1. The van der Waals surface area contributed by atoms with Gasteiger partial charge in [0.1, 0.15) is 10.8 Å². The summed E-state index contributed by atoms with van der Waals surface area (Å²) in [5.41, 5.74) is 8.70. The van der Waals surface area contributed by atoms with Gasteiger partial charge in [-0.15, -0.1) is 0 Å². The molecule has 0 atom stereocenters. The standard InChI is InChI=1S/C11H12N2OS/c1-7-3-4-10(14-2)8(5-7)9-6-11(12)15-13-9/h3-6H,12H2,1-2H3. The molecule has 78 valence electrons. The topological polar surface area (TPSA) is 48.1 Å². The summed E-state index contributed by atoms with van der Waals surface area (Å²) in [4.78, 5) is 0. The van der Waals surface area contributed by atoms with Gasteiger partial charge in [0, 0.05) is 11.6 Å². The van der Waals surface area contributed by atoms with Crippen molar-refractivity contribution < 1.29 is 4.74 Å². The molecule has 2 rings (SSSR count). The van der Waals surface area contributed by atoms with E-state index in [1.54, 1.807) is 7.11 Å². The molecule has 0 unspecified atom stereocenters. The lowest BCUT2D eigenvalue weighted by atomic mass is 10.1. The summed E-state index contributed by atoms with van der Waals surface area (Å²) in [6.07, 6.45) is 0. The summed E-state index contributed by atoms with van der Waals surface area (Å²) in [7, 11) is 1.66. The maximum absolute atomic E-state index is 5.66. The molecule has 2 N–H and O–H groups in total. The fourth-order valence-electron chi connectivity index (χ4n) is 1.44. The molecule has 0 radical (unpaired) electrons. The molecule has 4 heteroatoms. The van der Waals surface area contributed by atoms with Crippen molar-refractivity contribution in [2.75, 3.05) is 12.8 Å². The van der Waals surface area contributed by atoms with Crippen LogP contribution in [0.5, 0.6) is 5.75 Å². The molecule has 1 aromatic heterocycles. The summed E-state index contributed by atoms with van der Waals surface area (Å²) < 4.78 is 9.56. The molecule has 0 saturated heterocycles. The lowest BCUT2D eigenvalue weighted by Gasteiger charge is -2.06. The zero-order valence-corrected chi connectivity index (χ0v) is 9.47. The minimum Gasteiger partial charge on any atom is -0.496 e. The summed E-state index contributed by atoms with van der Waals surface area (Å²) in [5, 5.41) is 0.716. The molecule has 0 spiro atoms. The van der Waals surface area contributed by atoms with E-state index in [9.17, 15) is 0 Å². The number of nitrogens with two attached hydrogens (primary N) is 1. The van der Waals surface area contributed by atoms with Crippen LogP contribution in [0.2, 0.25) is 0 Å². The summed E-state index contributed by atoms with van der Waals surface area (Å²) in [5.74, 6) is 0.825. The number of methoxy groups -OCH3 is 1. The predicted molar refractivity (Wildman–Crippen MR) is 63.3 cm³/mol. The third-order valence-corrected chi connectivity index (χ3v) is 2.78. The second-order valence-corrected chi connectivity index (χ2v) is 4.15. The van der Waals surface area contributed by atoms with Crippen LogP contribution in [0.1, 0.15) is 5.56 Å². The first-order chi connectivity index (χ1) is 7.20. The predicted octanol–water partition coefficient (Wildman–Crippen LogP) is 2.71. The van der Waals surface area contributed by atoms with Crippen LogP contribution in [0.15, 0.2) is 24.3 Å². The van der Waals surface area contributed by atoms with Gasteiger partial charge in [-0.3, -0.25) is 0 Å². The highest BCUT2D eigenvalue weighted by atomic mass is 32.1. The molecule has 0 fully saturated rings. The Kier molecular flexibility index (Phi) is 2.60. The average Bonchev–Trinajstić information content (AvgIpc) is 2.65. The number of nitrogens with zero attached hydrogens (tertiary/aromatic N) is 1. The average molecular weight is 220 g/mol. The highest BCUT2D eigenvalue weighted by Crippen LogP contribution is 2.32. The van der Waals surface area contributed by atoms with Gasteiger partial charge in [-0.2, -0.15) is 4.37 Å². The molecular formula is C11H12N2OS. The van der Waals surface area contributed by atoms with E-state index < -0.39 is 0 Å². The number of nitrogen functional groups attached to an aromatic ring is 1. The van der Waals surface area contributed by atoms with E-state index in [0.29, 0.717) is 5.00 Å². The fourth-order valence-corrected chi connectivity index (χ4v) is 1.96. The number of hydrogen-bond acceptors (Lipinski definition) is 4. The van der Waals surface area contributed by atoms with Gasteiger partial charge in [0.05, 0.1) is 12.8 Å². The molecule has 0 aliphatic heterocycles. The molecule has 1 aromatic carbocycles. The molecule has 2 aromatic rings. The minimum atomic E-state index is 0.716. The smallest absolute Gasteiger partial charge is 0.128 e. The summed E-state index contributed by atoms with van der Waals surface area (Å²) in [6.45, 7) is 2.04. The van der Waals surface area contributed by atoms with Crippen molar-refractivity contribution in [1.82, 2.24) is 4.37 Å². The molecule has 3 nitrogen and oxygen atoms in total. The number of rotatable bonds is 2. The minimum absolute atomic E-state index is 0.716. The van der Waals surface area contributed by atoms with E-state index in [-0.39, 0.29) is 0 Å². The first-order valence-electron chi connectivity index (χ1n) is 4.58. The molecule has 0 aliphatic rings. The van der Waals surface area contributed by atoms with Gasteiger partial charge >= 0.3 is 0 Å². The summed E-state index contributed by atoms with van der Waals surface area (Å²) in [6, 6.07) is 7.87. The maximum atomic E-state index is 5.66. The SMILES string of the molecule is COc1ccc(C)cc1-c1cc(N)sn1. The van der Waals surface area contributed by atoms with Gasteiger partial charge in [-0.1, -0.05) is 11.6 Å². The number of ether oxygens (including phenoxy) is 1. The van der Waals surface area contributed by atoms with Crippen LogP contribution in [0, 0.1) is 6.92 Å². The van der Waals surface area contributed by atoms with Crippen LogP contribution in [0.4, 0.5) is 5.00 Å². The van der Waals surface area contributed by atoms with Gasteiger partial charge in [0.15, 0.2) is 0 Å². The van der Waals surface area contributed by atoms with Crippen LogP contribution in [-0.2, 0) is 0 Å². The van der Waals surface area contributed by atoms with E-state index in [4.69, 9.17) is 10.5 Å². The van der Waals surface area contributed by atoms with Gasteiger partial charge in [0.25, 0.3) is 0 Å². The second-order valence-electron chi connectivity index (χ2n) is 3.32. The normalized spacial score (nSPS) is 10.3. The van der Waals surface area contributed by atoms with Gasteiger partial charge < -0.3 is 10.5 Å². The Bertz CT molecular complexity index is 479. The van der Waals surface area contributed by atoms with Gasteiger partial charge in [0.2, 0.25) is 0 Å². The number of benzene rings is 1. The van der Waals surface area contributed by atoms with Crippen LogP contribution in [0.3, 0.4) is 0 Å². The molecule has 1 heterocycles. The van der Waals surface area contributed by atoms with E-state index in [2.05, 4.69) is 4.37 Å². The van der Waals surface area contributed by atoms with Gasteiger partial charge in [-0.25, -0.2) is 0 Å². The summed E-state index contributed by atoms with van der Waals surface area (Å²) >= 11 is 1.30. The van der Waals surface area contributed by atoms with E-state index in [1.807, 2.05) is 31.2 Å². The zero-order valence-electron chi connectivity index (χ0n) is 8.65. The maximum Gasteiger partial charge on any atom is 0.128 e. The molecule has 0 amide bonds. The first kappa shape index (κ1) is 9.98. The van der Waals surface area contributed by atoms with Crippen LogP contribution in [0.25, 0.3) is 11.3 Å². The Morgan fingerprint density at radius 3 is 2.73 bits per heavy atom. The van der Waals surface area contributed by atoms with E-state index in [1.165, 1.54) is 17.1 Å². The molecule has 0 saturated carbocycles. The van der Waals surface area contributed by atoms with E-state index >= 15 is 0 Å². The quantitative estimate of drug-likeness (QED) is 0.846. The van der Waals surface area contributed by atoms with E-state index in [0.717, 1.165) is 17.0 Å². The number of aromatic nitrogens is 1. The van der Waals surface area contributed by atoms with Crippen molar-refractivity contribution in [1.29, 1.82) is 0 Å².